The van der Waals surface area contributed by atoms with E-state index in [1.54, 1.807) is 0 Å². The topological polar surface area (TPSA) is 83.7 Å². The minimum Gasteiger partial charge on any atom is -0.456 e. The van der Waals surface area contributed by atoms with Crippen LogP contribution in [0.3, 0.4) is 0 Å². The quantitative estimate of drug-likeness (QED) is 0.176. The van der Waals surface area contributed by atoms with Gasteiger partial charge in [-0.05, 0) is 125 Å². The lowest BCUT2D eigenvalue weighted by Crippen LogP contribution is -2.25. The Kier molecular flexibility index (Phi) is 8.31. The van der Waals surface area contributed by atoms with E-state index in [9.17, 15) is 10.5 Å². The lowest BCUT2D eigenvalue weighted by molar-refractivity contribution is 0.323. The van der Waals surface area contributed by atoms with Gasteiger partial charge in [-0.2, -0.15) is 10.5 Å². The summed E-state index contributed by atoms with van der Waals surface area (Å²) in [5.41, 5.74) is 16.6. The third-order valence-corrected chi connectivity index (χ3v) is 17.7. The molecular formula is C67H46N4O2. The second kappa shape index (κ2) is 14.9. The van der Waals surface area contributed by atoms with Crippen LogP contribution in [-0.2, 0) is 10.8 Å². The number of para-hydroxylation sites is 2. The molecule has 3 aliphatic carbocycles. The second-order valence-electron chi connectivity index (χ2n) is 21.4. The predicted octanol–water partition coefficient (Wildman–Crippen LogP) is 17.8. The molecule has 2 fully saturated rings. The van der Waals surface area contributed by atoms with Crippen LogP contribution in [-0.4, -0.2) is 9.13 Å². The molecular weight excluding hydrogens is 893 g/mol. The maximum Gasteiger partial charge on any atom is 0.137 e. The zero-order chi connectivity index (χ0) is 48.2. The molecule has 0 bridgehead atoms. The van der Waals surface area contributed by atoms with Gasteiger partial charge in [-0.3, -0.25) is 0 Å². The zero-order valence-electron chi connectivity index (χ0n) is 40.1. The van der Waals surface area contributed by atoms with Crippen molar-refractivity contribution < 1.29 is 8.83 Å². The minimum absolute atomic E-state index is 0.190. The fourth-order valence-corrected chi connectivity index (χ4v) is 14.8. The molecule has 9 aromatic carbocycles. The maximum atomic E-state index is 12.1. The third-order valence-electron chi connectivity index (χ3n) is 17.7. The Labute approximate surface area is 420 Å². The van der Waals surface area contributed by atoms with Gasteiger partial charge in [0.2, 0.25) is 0 Å². The summed E-state index contributed by atoms with van der Waals surface area (Å²) < 4.78 is 18.2. The summed E-state index contributed by atoms with van der Waals surface area (Å²) in [6, 6.07) is 66.0. The van der Waals surface area contributed by atoms with Gasteiger partial charge < -0.3 is 18.0 Å². The largest absolute Gasteiger partial charge is 0.456 e. The first-order valence-electron chi connectivity index (χ1n) is 26.0. The molecule has 0 aliphatic heterocycles. The normalized spacial score (nSPS) is 15.9. The van der Waals surface area contributed by atoms with Crippen molar-refractivity contribution in [3.05, 3.63) is 192 Å². The molecule has 3 aliphatic rings. The molecule has 13 aromatic rings. The van der Waals surface area contributed by atoms with E-state index >= 15 is 0 Å². The van der Waals surface area contributed by atoms with Gasteiger partial charge in [-0.15, -0.1) is 0 Å². The van der Waals surface area contributed by atoms with E-state index < -0.39 is 0 Å². The minimum atomic E-state index is -0.190. The van der Waals surface area contributed by atoms with Crippen molar-refractivity contribution in [2.24, 2.45) is 0 Å². The van der Waals surface area contributed by atoms with Crippen LogP contribution < -0.4 is 0 Å². The number of nitriles is 2. The van der Waals surface area contributed by atoms with Crippen LogP contribution in [0.1, 0.15) is 80.0 Å². The van der Waals surface area contributed by atoms with E-state index in [0.29, 0.717) is 11.1 Å². The molecule has 16 rings (SSSR count). The Hall–Kier alpha value is -8.84. The molecule has 2 spiro atoms. The lowest BCUT2D eigenvalue weighted by Gasteiger charge is -2.30. The Morgan fingerprint density at radius 1 is 0.356 bits per heavy atom. The number of hydrogen-bond acceptors (Lipinski definition) is 4. The van der Waals surface area contributed by atoms with Gasteiger partial charge in [0.25, 0.3) is 0 Å². The fourth-order valence-electron chi connectivity index (χ4n) is 14.8. The molecule has 73 heavy (non-hydrogen) atoms. The Morgan fingerprint density at radius 3 is 1.18 bits per heavy atom. The number of fused-ring (bicyclic) bond motifs is 15. The molecule has 0 atom stereocenters. The second-order valence-corrected chi connectivity index (χ2v) is 21.4. The van der Waals surface area contributed by atoms with Crippen molar-refractivity contribution >= 4 is 87.5 Å². The summed E-state index contributed by atoms with van der Waals surface area (Å²) in [5.74, 6) is 0. The Morgan fingerprint density at radius 2 is 0.753 bits per heavy atom. The van der Waals surface area contributed by atoms with E-state index in [1.807, 2.05) is 24.3 Å². The SMILES string of the molecule is N#Cc1c(C#N)c(-n2c3ccc(-c4ccccc4)cc3c3cc4c(cc32)oc2ccccc24)c2c(c1-n1c3ccc(-c4ccccc4)cc3c3cc4c(cc31)oc1ccccc14)C1(CCCC1)CC21CCCC1. The van der Waals surface area contributed by atoms with Crippen molar-refractivity contribution in [3.63, 3.8) is 0 Å². The molecule has 4 heterocycles. The Balaban J connectivity index is 1.09. The number of furan rings is 2. The van der Waals surface area contributed by atoms with Gasteiger partial charge in [0.1, 0.15) is 34.5 Å². The number of nitrogens with zero attached hydrogens (tertiary/aromatic N) is 4. The number of hydrogen-bond donors (Lipinski definition) is 0. The summed E-state index contributed by atoms with van der Waals surface area (Å²) in [4.78, 5) is 0. The molecule has 6 heteroatoms. The highest BCUT2D eigenvalue weighted by Crippen LogP contribution is 2.66. The third kappa shape index (κ3) is 5.51. The van der Waals surface area contributed by atoms with Gasteiger partial charge in [-0.25, -0.2) is 0 Å². The van der Waals surface area contributed by atoms with Gasteiger partial charge in [0, 0.05) is 55.2 Å². The Bertz CT molecular complexity index is 4320. The fraction of sp³-hybridized carbons (Fsp3) is 0.164. The first-order valence-corrected chi connectivity index (χ1v) is 26.0. The van der Waals surface area contributed by atoms with Gasteiger partial charge in [-0.1, -0.05) is 135 Å². The van der Waals surface area contributed by atoms with E-state index in [0.717, 1.165) is 179 Å². The van der Waals surface area contributed by atoms with Gasteiger partial charge in [0.05, 0.1) is 44.6 Å². The average Bonchev–Trinajstić information content (AvgIpc) is 4.34. The van der Waals surface area contributed by atoms with E-state index in [-0.39, 0.29) is 10.8 Å². The van der Waals surface area contributed by atoms with Crippen LogP contribution >= 0.6 is 0 Å². The van der Waals surface area contributed by atoms with Gasteiger partial charge in [0.15, 0.2) is 0 Å². The molecule has 6 nitrogen and oxygen atoms in total. The maximum absolute atomic E-state index is 12.1. The lowest BCUT2D eigenvalue weighted by atomic mass is 9.74. The summed E-state index contributed by atoms with van der Waals surface area (Å²) >= 11 is 0. The highest BCUT2D eigenvalue weighted by atomic mass is 16.3. The van der Waals surface area contributed by atoms with Crippen molar-refractivity contribution in [2.45, 2.75) is 68.6 Å². The summed E-state index contributed by atoms with van der Waals surface area (Å²) in [6.07, 6.45) is 9.69. The number of benzene rings is 9. The number of aromatic nitrogens is 2. The molecule has 2 saturated carbocycles. The highest BCUT2D eigenvalue weighted by Gasteiger charge is 2.57. The van der Waals surface area contributed by atoms with Crippen LogP contribution in [0.4, 0.5) is 0 Å². The van der Waals surface area contributed by atoms with E-state index in [4.69, 9.17) is 8.83 Å². The number of rotatable bonds is 4. The molecule has 4 aromatic heterocycles. The van der Waals surface area contributed by atoms with Crippen LogP contribution in [0, 0.1) is 22.7 Å². The summed E-state index contributed by atoms with van der Waals surface area (Å²) in [5, 5.41) is 32.9. The van der Waals surface area contributed by atoms with Crippen molar-refractivity contribution in [2.75, 3.05) is 0 Å². The molecule has 0 unspecified atom stereocenters. The smallest absolute Gasteiger partial charge is 0.137 e. The average molecular weight is 939 g/mol. The molecule has 0 saturated heterocycles. The zero-order valence-corrected chi connectivity index (χ0v) is 40.1. The van der Waals surface area contributed by atoms with Crippen LogP contribution in [0.2, 0.25) is 0 Å². The summed E-state index contributed by atoms with van der Waals surface area (Å²) in [6.45, 7) is 0. The standard InChI is InChI=1S/C67H46N4O2/c68-37-52-53(38-69)65(71-55-26-24-43(41-17-5-2-6-18-41)32-47(55)49-34-51-45-20-8-10-22-59(45)73-61(51)36-57(49)71)63-62(66(27-11-12-28-66)39-67(63)29-13-14-30-67)64(52)70-54-25-23-42(40-15-3-1-4-16-40)31-46(54)48-33-50-44-19-7-9-21-58(44)72-60(50)35-56(48)70/h1-10,15-26,31-36H,11-14,27-30,39H2. The predicted molar refractivity (Wildman–Crippen MR) is 295 cm³/mol. The monoisotopic (exact) mass is 938 g/mol. The van der Waals surface area contributed by atoms with E-state index in [2.05, 4.69) is 167 Å². The van der Waals surface area contributed by atoms with Crippen LogP contribution in [0.25, 0.3) is 121 Å². The van der Waals surface area contributed by atoms with Crippen LogP contribution in [0.15, 0.2) is 179 Å². The molecule has 0 N–H and O–H groups in total. The van der Waals surface area contributed by atoms with Crippen molar-refractivity contribution in [1.82, 2.24) is 9.13 Å². The molecule has 0 amide bonds. The van der Waals surface area contributed by atoms with Crippen molar-refractivity contribution in [1.29, 1.82) is 10.5 Å². The van der Waals surface area contributed by atoms with E-state index in [1.165, 1.54) is 11.1 Å². The van der Waals surface area contributed by atoms with Crippen LogP contribution in [0.5, 0.6) is 0 Å². The highest BCUT2D eigenvalue weighted by molar-refractivity contribution is 6.20. The van der Waals surface area contributed by atoms with Crippen molar-refractivity contribution in [3.8, 4) is 45.8 Å². The molecule has 0 radical (unpaired) electrons. The summed E-state index contributed by atoms with van der Waals surface area (Å²) in [7, 11) is 0. The van der Waals surface area contributed by atoms with Gasteiger partial charge >= 0.3 is 0 Å². The molecule has 346 valence electrons. The first kappa shape index (κ1) is 40.8. The first-order chi connectivity index (χ1) is 36.0.